The lowest BCUT2D eigenvalue weighted by molar-refractivity contribution is -0.135. The molecule has 18 heavy (non-hydrogen) atoms. The highest BCUT2D eigenvalue weighted by atomic mass is 16.2. The number of allylic oxidation sites excluding steroid dienone is 2. The van der Waals surface area contributed by atoms with Gasteiger partial charge in [-0.25, -0.2) is 0 Å². The summed E-state index contributed by atoms with van der Waals surface area (Å²) in [7, 11) is 1.92. The molecule has 0 N–H and O–H groups in total. The Kier molecular flexibility index (Phi) is 2.94. The van der Waals surface area contributed by atoms with Crippen molar-refractivity contribution in [1.82, 2.24) is 4.90 Å². The Hall–Kier alpha value is -1.57. The first-order chi connectivity index (χ1) is 8.74. The van der Waals surface area contributed by atoms with Crippen molar-refractivity contribution in [3.05, 3.63) is 48.0 Å². The third-order valence-electron chi connectivity index (χ3n) is 4.23. The predicted molar refractivity (Wildman–Crippen MR) is 71.8 cm³/mol. The van der Waals surface area contributed by atoms with Gasteiger partial charge < -0.3 is 4.90 Å². The lowest BCUT2D eigenvalue weighted by Crippen LogP contribution is -2.34. The quantitative estimate of drug-likeness (QED) is 0.745. The minimum absolute atomic E-state index is 0.230. The molecule has 1 aromatic carbocycles. The standard InChI is InChI=1S/C16H19NO/c1-17(11-12-5-3-2-4-6-12)16(18)15-10-13-7-8-14(15)9-13/h2-8,13-15H,9-11H2,1H3. The largest absolute Gasteiger partial charge is 0.341 e. The molecule has 0 aliphatic heterocycles. The number of benzene rings is 1. The summed E-state index contributed by atoms with van der Waals surface area (Å²) in [5, 5.41) is 0. The van der Waals surface area contributed by atoms with Crippen molar-refractivity contribution in [3.63, 3.8) is 0 Å². The lowest BCUT2D eigenvalue weighted by atomic mass is 9.92. The maximum absolute atomic E-state index is 12.4. The molecule has 2 heteroatoms. The monoisotopic (exact) mass is 241 g/mol. The van der Waals surface area contributed by atoms with Crippen LogP contribution >= 0.6 is 0 Å². The summed E-state index contributed by atoms with van der Waals surface area (Å²) in [6.07, 6.45) is 6.77. The molecule has 0 aromatic heterocycles. The van der Waals surface area contributed by atoms with Crippen LogP contribution in [0.15, 0.2) is 42.5 Å². The van der Waals surface area contributed by atoms with Crippen molar-refractivity contribution in [1.29, 1.82) is 0 Å². The highest BCUT2D eigenvalue weighted by Gasteiger charge is 2.40. The number of rotatable bonds is 3. The van der Waals surface area contributed by atoms with E-state index in [9.17, 15) is 4.79 Å². The van der Waals surface area contributed by atoms with E-state index < -0.39 is 0 Å². The Bertz CT molecular complexity index is 465. The number of carbonyl (C=O) groups excluding carboxylic acids is 1. The Balaban J connectivity index is 1.64. The summed E-state index contributed by atoms with van der Waals surface area (Å²) < 4.78 is 0. The van der Waals surface area contributed by atoms with E-state index in [-0.39, 0.29) is 5.92 Å². The number of hydrogen-bond acceptors (Lipinski definition) is 1. The van der Waals surface area contributed by atoms with Gasteiger partial charge in [-0.2, -0.15) is 0 Å². The normalized spacial score (nSPS) is 28.6. The molecule has 2 nitrogen and oxygen atoms in total. The van der Waals surface area contributed by atoms with Gasteiger partial charge in [0, 0.05) is 19.5 Å². The SMILES string of the molecule is CN(Cc1ccccc1)C(=O)C1CC2C=CC1C2. The van der Waals surface area contributed by atoms with Gasteiger partial charge in [-0.3, -0.25) is 4.79 Å². The van der Waals surface area contributed by atoms with Crippen molar-refractivity contribution in [3.8, 4) is 0 Å². The Morgan fingerprint density at radius 1 is 1.22 bits per heavy atom. The molecule has 1 fully saturated rings. The zero-order valence-electron chi connectivity index (χ0n) is 10.8. The van der Waals surface area contributed by atoms with E-state index in [0.717, 1.165) is 13.0 Å². The molecular weight excluding hydrogens is 222 g/mol. The minimum Gasteiger partial charge on any atom is -0.341 e. The Labute approximate surface area is 108 Å². The number of amides is 1. The molecule has 1 aromatic rings. The average Bonchev–Trinajstić information content (AvgIpc) is 3.01. The highest BCUT2D eigenvalue weighted by molar-refractivity contribution is 5.79. The zero-order chi connectivity index (χ0) is 12.5. The Morgan fingerprint density at radius 2 is 2.00 bits per heavy atom. The van der Waals surface area contributed by atoms with Crippen LogP contribution < -0.4 is 0 Å². The topological polar surface area (TPSA) is 20.3 Å². The molecule has 1 saturated carbocycles. The molecule has 0 radical (unpaired) electrons. The average molecular weight is 241 g/mol. The van der Waals surface area contributed by atoms with Crippen molar-refractivity contribution in [2.75, 3.05) is 7.05 Å². The van der Waals surface area contributed by atoms with Crippen LogP contribution in [-0.2, 0) is 11.3 Å². The first kappa shape index (κ1) is 11.5. The molecule has 1 amide bonds. The van der Waals surface area contributed by atoms with Crippen molar-refractivity contribution in [2.45, 2.75) is 19.4 Å². The summed E-state index contributed by atoms with van der Waals surface area (Å²) >= 11 is 0. The van der Waals surface area contributed by atoms with Crippen LogP contribution in [0.2, 0.25) is 0 Å². The van der Waals surface area contributed by atoms with Gasteiger partial charge in [0.25, 0.3) is 0 Å². The van der Waals surface area contributed by atoms with Crippen molar-refractivity contribution >= 4 is 5.91 Å². The maximum Gasteiger partial charge on any atom is 0.226 e. The number of hydrogen-bond donors (Lipinski definition) is 0. The van der Waals surface area contributed by atoms with Crippen LogP contribution in [0.25, 0.3) is 0 Å². The lowest BCUT2D eigenvalue weighted by Gasteiger charge is -2.24. The fraction of sp³-hybridized carbons (Fsp3) is 0.438. The van der Waals surface area contributed by atoms with Crippen molar-refractivity contribution in [2.24, 2.45) is 17.8 Å². The van der Waals surface area contributed by atoms with Crippen LogP contribution in [0.5, 0.6) is 0 Å². The molecule has 3 unspecified atom stereocenters. The van der Waals surface area contributed by atoms with E-state index >= 15 is 0 Å². The predicted octanol–water partition coefficient (Wildman–Crippen LogP) is 2.86. The second-order valence-corrected chi connectivity index (χ2v) is 5.57. The van der Waals surface area contributed by atoms with E-state index in [1.807, 2.05) is 30.1 Å². The Morgan fingerprint density at radius 3 is 2.61 bits per heavy atom. The molecule has 3 atom stereocenters. The third kappa shape index (κ3) is 2.07. The minimum atomic E-state index is 0.230. The zero-order valence-corrected chi connectivity index (χ0v) is 10.8. The van der Waals surface area contributed by atoms with E-state index in [1.165, 1.54) is 12.0 Å². The van der Waals surface area contributed by atoms with Gasteiger partial charge in [0.1, 0.15) is 0 Å². The summed E-state index contributed by atoms with van der Waals surface area (Å²) in [6, 6.07) is 10.2. The first-order valence-corrected chi connectivity index (χ1v) is 6.71. The van der Waals surface area contributed by atoms with E-state index in [4.69, 9.17) is 0 Å². The third-order valence-corrected chi connectivity index (χ3v) is 4.23. The van der Waals surface area contributed by atoms with Gasteiger partial charge in [-0.05, 0) is 30.2 Å². The molecule has 0 saturated heterocycles. The molecule has 94 valence electrons. The van der Waals surface area contributed by atoms with Gasteiger partial charge in [0.15, 0.2) is 0 Å². The fourth-order valence-electron chi connectivity index (χ4n) is 3.28. The maximum atomic E-state index is 12.4. The van der Waals surface area contributed by atoms with Crippen LogP contribution in [0.3, 0.4) is 0 Å². The molecule has 0 spiro atoms. The second-order valence-electron chi connectivity index (χ2n) is 5.57. The smallest absolute Gasteiger partial charge is 0.226 e. The molecule has 2 aliphatic carbocycles. The molecule has 2 aliphatic rings. The summed E-state index contributed by atoms with van der Waals surface area (Å²) in [5.41, 5.74) is 1.20. The highest BCUT2D eigenvalue weighted by Crippen LogP contribution is 2.44. The van der Waals surface area contributed by atoms with Gasteiger partial charge in [-0.15, -0.1) is 0 Å². The first-order valence-electron chi connectivity index (χ1n) is 6.71. The summed E-state index contributed by atoms with van der Waals surface area (Å²) in [4.78, 5) is 14.3. The van der Waals surface area contributed by atoms with Crippen LogP contribution in [0.4, 0.5) is 0 Å². The van der Waals surface area contributed by atoms with Crippen LogP contribution in [-0.4, -0.2) is 17.9 Å². The van der Waals surface area contributed by atoms with Gasteiger partial charge >= 0.3 is 0 Å². The fourth-order valence-corrected chi connectivity index (χ4v) is 3.28. The van der Waals surface area contributed by atoms with Crippen molar-refractivity contribution < 1.29 is 4.79 Å². The van der Waals surface area contributed by atoms with E-state index in [0.29, 0.717) is 17.7 Å². The second kappa shape index (κ2) is 4.60. The van der Waals surface area contributed by atoms with Gasteiger partial charge in [0.05, 0.1) is 0 Å². The number of carbonyl (C=O) groups is 1. The molecular formula is C16H19NO. The van der Waals surface area contributed by atoms with Crippen LogP contribution in [0.1, 0.15) is 18.4 Å². The van der Waals surface area contributed by atoms with E-state index in [2.05, 4.69) is 24.3 Å². The number of nitrogens with zero attached hydrogens (tertiary/aromatic N) is 1. The van der Waals surface area contributed by atoms with E-state index in [1.54, 1.807) is 0 Å². The molecule has 2 bridgehead atoms. The van der Waals surface area contributed by atoms with Gasteiger partial charge in [0.2, 0.25) is 5.91 Å². The summed E-state index contributed by atoms with van der Waals surface area (Å²) in [6.45, 7) is 0.720. The molecule has 3 rings (SSSR count). The van der Waals surface area contributed by atoms with Crippen LogP contribution in [0, 0.1) is 17.8 Å². The summed E-state index contributed by atoms with van der Waals surface area (Å²) in [5.74, 6) is 1.71. The molecule has 0 heterocycles. The van der Waals surface area contributed by atoms with Gasteiger partial charge in [-0.1, -0.05) is 42.5 Å². The number of fused-ring (bicyclic) bond motifs is 2.